The van der Waals surface area contributed by atoms with Crippen LogP contribution in [0.15, 0.2) is 57.9 Å². The molecule has 0 aliphatic rings. The molecular weight excluding hydrogens is 368 g/mol. The van der Waals surface area contributed by atoms with E-state index in [0.717, 1.165) is 10.0 Å². The maximum Gasteiger partial charge on any atom is 0.299 e. The van der Waals surface area contributed by atoms with Crippen molar-refractivity contribution in [2.75, 3.05) is 0 Å². The molecule has 0 aliphatic carbocycles. The van der Waals surface area contributed by atoms with E-state index in [1.54, 1.807) is 18.2 Å². The van der Waals surface area contributed by atoms with Crippen LogP contribution >= 0.6 is 27.9 Å². The van der Waals surface area contributed by atoms with Crippen molar-refractivity contribution >= 4 is 27.9 Å². The molecule has 0 amide bonds. The Labute approximate surface area is 141 Å². The van der Waals surface area contributed by atoms with Crippen LogP contribution in [0, 0.1) is 10.1 Å². The van der Waals surface area contributed by atoms with Crippen molar-refractivity contribution in [1.29, 1.82) is 0 Å². The van der Waals surface area contributed by atoms with Crippen molar-refractivity contribution < 1.29 is 9.92 Å². The number of nitrogens with one attached hydrogen (secondary N) is 1. The molecular formula is C15H15BrN2O3S. The number of hydrogen-bond donors (Lipinski definition) is 1. The van der Waals surface area contributed by atoms with Crippen molar-refractivity contribution in [3.8, 4) is 5.75 Å². The van der Waals surface area contributed by atoms with Crippen molar-refractivity contribution in [1.82, 2.24) is 4.72 Å². The Morgan fingerprint density at radius 2 is 1.95 bits per heavy atom. The van der Waals surface area contributed by atoms with Crippen LogP contribution in [0.1, 0.15) is 19.4 Å². The molecule has 0 aromatic heterocycles. The van der Waals surface area contributed by atoms with E-state index in [9.17, 15) is 10.1 Å². The highest BCUT2D eigenvalue weighted by molar-refractivity contribution is 9.10. The number of rotatable bonds is 6. The van der Waals surface area contributed by atoms with Gasteiger partial charge in [0.25, 0.3) is 5.09 Å². The standard InChI is InChI=1S/C15H15BrN2O3S/c1-15(2,11-6-5-7-12(16)10-11)17-22-14-9-4-3-8-13(14)21-18(19)20/h3-10,17H,1-2H3. The summed E-state index contributed by atoms with van der Waals surface area (Å²) in [6, 6.07) is 14.8. The molecule has 1 N–H and O–H groups in total. The van der Waals surface area contributed by atoms with Crippen LogP contribution in [-0.2, 0) is 5.54 Å². The molecule has 0 spiro atoms. The van der Waals surface area contributed by atoms with E-state index in [-0.39, 0.29) is 11.3 Å². The normalized spacial score (nSPS) is 11.2. The van der Waals surface area contributed by atoms with Crippen molar-refractivity contribution in [2.24, 2.45) is 0 Å². The average molecular weight is 383 g/mol. The lowest BCUT2D eigenvalue weighted by atomic mass is 9.96. The Kier molecular flexibility index (Phi) is 5.44. The zero-order valence-electron chi connectivity index (χ0n) is 12.1. The summed E-state index contributed by atoms with van der Waals surface area (Å²) in [6.07, 6.45) is 0. The average Bonchev–Trinajstić information content (AvgIpc) is 2.46. The van der Waals surface area contributed by atoms with Gasteiger partial charge in [-0.2, -0.15) is 0 Å². The minimum Gasteiger partial charge on any atom is -0.275 e. The third kappa shape index (κ3) is 4.46. The van der Waals surface area contributed by atoms with Crippen LogP contribution in [0.5, 0.6) is 5.75 Å². The second-order valence-electron chi connectivity index (χ2n) is 5.10. The van der Waals surface area contributed by atoms with Gasteiger partial charge in [-0.1, -0.05) is 40.2 Å². The molecule has 22 heavy (non-hydrogen) atoms. The van der Waals surface area contributed by atoms with Gasteiger partial charge >= 0.3 is 0 Å². The van der Waals surface area contributed by atoms with Gasteiger partial charge in [-0.05, 0) is 55.6 Å². The highest BCUT2D eigenvalue weighted by Gasteiger charge is 2.21. The fourth-order valence-electron chi connectivity index (χ4n) is 1.81. The summed E-state index contributed by atoms with van der Waals surface area (Å²) in [4.78, 5) is 15.8. The SMILES string of the molecule is CC(C)(NSc1ccccc1O[N+](=O)[O-])c1cccc(Br)c1. The first-order valence-corrected chi connectivity index (χ1v) is 8.11. The number of hydrogen-bond acceptors (Lipinski definition) is 5. The van der Waals surface area contributed by atoms with Gasteiger partial charge in [0.05, 0.1) is 4.90 Å². The minimum atomic E-state index is -0.807. The first kappa shape index (κ1) is 16.8. The summed E-state index contributed by atoms with van der Waals surface area (Å²) in [5.41, 5.74) is 0.776. The fourth-order valence-corrected chi connectivity index (χ4v) is 3.04. The van der Waals surface area contributed by atoms with E-state index in [0.29, 0.717) is 4.90 Å². The van der Waals surface area contributed by atoms with Crippen LogP contribution in [0.3, 0.4) is 0 Å². The molecule has 0 fully saturated rings. The smallest absolute Gasteiger partial charge is 0.275 e. The van der Waals surface area contributed by atoms with Gasteiger partial charge in [-0.3, -0.25) is 4.84 Å². The predicted molar refractivity (Wildman–Crippen MR) is 90.2 cm³/mol. The highest BCUT2D eigenvalue weighted by atomic mass is 79.9. The molecule has 0 saturated carbocycles. The first-order valence-electron chi connectivity index (χ1n) is 6.50. The molecule has 116 valence electrons. The molecule has 0 aliphatic heterocycles. The number of para-hydroxylation sites is 1. The van der Waals surface area contributed by atoms with Crippen molar-refractivity contribution in [2.45, 2.75) is 24.3 Å². The molecule has 5 nitrogen and oxygen atoms in total. The first-order chi connectivity index (χ1) is 10.4. The predicted octanol–water partition coefficient (Wildman–Crippen LogP) is 4.55. The van der Waals surface area contributed by atoms with Crippen molar-refractivity contribution in [3.63, 3.8) is 0 Å². The van der Waals surface area contributed by atoms with Gasteiger partial charge < -0.3 is 0 Å². The maximum atomic E-state index is 10.5. The van der Waals surface area contributed by atoms with Crippen LogP contribution in [-0.4, -0.2) is 5.09 Å². The molecule has 0 unspecified atom stereocenters. The van der Waals surface area contributed by atoms with Gasteiger partial charge in [0.15, 0.2) is 0 Å². The van der Waals surface area contributed by atoms with E-state index in [1.807, 2.05) is 44.2 Å². The van der Waals surface area contributed by atoms with Gasteiger partial charge in [0.2, 0.25) is 0 Å². The Morgan fingerprint density at radius 3 is 2.64 bits per heavy atom. The lowest BCUT2D eigenvalue weighted by Gasteiger charge is -2.26. The van der Waals surface area contributed by atoms with Crippen LogP contribution in [0.2, 0.25) is 0 Å². The van der Waals surface area contributed by atoms with Crippen LogP contribution in [0.25, 0.3) is 0 Å². The second kappa shape index (κ2) is 7.13. The highest BCUT2D eigenvalue weighted by Crippen LogP contribution is 2.32. The number of benzene rings is 2. The van der Waals surface area contributed by atoms with Crippen LogP contribution in [0.4, 0.5) is 0 Å². The molecule has 0 saturated heterocycles. The number of halogens is 1. The van der Waals surface area contributed by atoms with Gasteiger partial charge in [0, 0.05) is 10.0 Å². The second-order valence-corrected chi connectivity index (χ2v) is 6.86. The molecule has 0 bridgehead atoms. The summed E-state index contributed by atoms with van der Waals surface area (Å²) in [5, 5.41) is 9.72. The van der Waals surface area contributed by atoms with E-state index in [2.05, 4.69) is 25.5 Å². The molecule has 7 heteroatoms. The molecule has 2 rings (SSSR count). The van der Waals surface area contributed by atoms with E-state index < -0.39 is 5.09 Å². The molecule has 0 atom stereocenters. The maximum absolute atomic E-state index is 10.5. The van der Waals surface area contributed by atoms with E-state index in [1.165, 1.54) is 11.9 Å². The summed E-state index contributed by atoms with van der Waals surface area (Å²) in [7, 11) is 0. The van der Waals surface area contributed by atoms with Crippen LogP contribution < -0.4 is 9.56 Å². The summed E-state index contributed by atoms with van der Waals surface area (Å²) in [5.74, 6) is 0.218. The minimum absolute atomic E-state index is 0.218. The topological polar surface area (TPSA) is 64.4 Å². The fraction of sp³-hybridized carbons (Fsp3) is 0.200. The van der Waals surface area contributed by atoms with E-state index >= 15 is 0 Å². The van der Waals surface area contributed by atoms with Crippen molar-refractivity contribution in [3.05, 3.63) is 68.7 Å². The zero-order chi connectivity index (χ0) is 16.2. The monoisotopic (exact) mass is 382 g/mol. The lowest BCUT2D eigenvalue weighted by Crippen LogP contribution is -2.31. The number of nitrogens with zero attached hydrogens (tertiary/aromatic N) is 1. The largest absolute Gasteiger partial charge is 0.299 e. The third-order valence-corrected chi connectivity index (χ3v) is 4.65. The molecule has 2 aromatic rings. The molecule has 0 radical (unpaired) electrons. The Hall–Kier alpha value is -1.57. The third-order valence-electron chi connectivity index (χ3n) is 2.98. The molecule has 2 aromatic carbocycles. The summed E-state index contributed by atoms with van der Waals surface area (Å²) < 4.78 is 4.33. The lowest BCUT2D eigenvalue weighted by molar-refractivity contribution is -0.711. The van der Waals surface area contributed by atoms with E-state index in [4.69, 9.17) is 0 Å². The Bertz CT molecular complexity index is 679. The Balaban J connectivity index is 2.14. The van der Waals surface area contributed by atoms with Gasteiger partial charge in [-0.25, -0.2) is 4.72 Å². The summed E-state index contributed by atoms with van der Waals surface area (Å²) >= 11 is 4.76. The van der Waals surface area contributed by atoms with Gasteiger partial charge in [-0.15, -0.1) is 10.1 Å². The summed E-state index contributed by atoms with van der Waals surface area (Å²) in [6.45, 7) is 4.08. The molecule has 0 heterocycles. The van der Waals surface area contributed by atoms with Gasteiger partial charge in [0.1, 0.15) is 5.75 Å². The quantitative estimate of drug-likeness (QED) is 0.450. The Morgan fingerprint density at radius 1 is 1.23 bits per heavy atom. The zero-order valence-corrected chi connectivity index (χ0v) is 14.5.